The van der Waals surface area contributed by atoms with E-state index in [0.29, 0.717) is 6.61 Å². The first-order valence-corrected chi connectivity index (χ1v) is 6.19. The number of carbonyl (C=O) groups excluding carboxylic acids is 1. The molecule has 0 amide bonds. The van der Waals surface area contributed by atoms with Crippen molar-refractivity contribution < 1.29 is 14.3 Å². The summed E-state index contributed by atoms with van der Waals surface area (Å²) < 4.78 is 10.8. The first kappa shape index (κ1) is 14.6. The second kappa shape index (κ2) is 5.89. The second-order valence-electron chi connectivity index (χ2n) is 5.51. The summed E-state index contributed by atoms with van der Waals surface area (Å²) >= 11 is 0. The molecule has 3 heteroatoms. The lowest BCUT2D eigenvalue weighted by Gasteiger charge is -2.19. The average Bonchev–Trinajstić information content (AvgIpc) is 2.12. The molecule has 0 aliphatic heterocycles. The van der Waals surface area contributed by atoms with E-state index in [9.17, 15) is 4.79 Å². The summed E-state index contributed by atoms with van der Waals surface area (Å²) in [6, 6.07) is 6.00. The van der Waals surface area contributed by atoms with Gasteiger partial charge in [-0.3, -0.25) is 4.79 Å². The Morgan fingerprint density at radius 1 is 1.11 bits per heavy atom. The van der Waals surface area contributed by atoms with Crippen LogP contribution in [0.4, 0.5) is 0 Å². The molecule has 1 aromatic carbocycles. The standard InChI is InChI=1S/C15H22O3/c1-11-8-12(2)10-13(9-11)17-7-6-14(16)18-15(3,4)5/h8-10H,6-7H2,1-5H3. The van der Waals surface area contributed by atoms with Gasteiger partial charge in [0.2, 0.25) is 0 Å². The number of carbonyl (C=O) groups is 1. The van der Waals surface area contributed by atoms with Crippen LogP contribution in [0.2, 0.25) is 0 Å². The molecule has 1 aromatic rings. The number of hydrogen-bond acceptors (Lipinski definition) is 3. The fourth-order valence-corrected chi connectivity index (χ4v) is 1.66. The quantitative estimate of drug-likeness (QED) is 0.768. The average molecular weight is 250 g/mol. The normalized spacial score (nSPS) is 11.2. The van der Waals surface area contributed by atoms with E-state index in [1.165, 1.54) is 0 Å². The summed E-state index contributed by atoms with van der Waals surface area (Å²) in [5.41, 5.74) is 1.88. The third kappa shape index (κ3) is 5.71. The third-order valence-electron chi connectivity index (χ3n) is 2.19. The summed E-state index contributed by atoms with van der Waals surface area (Å²) in [6.45, 7) is 9.96. The maximum atomic E-state index is 11.5. The minimum atomic E-state index is -0.434. The van der Waals surface area contributed by atoms with E-state index in [4.69, 9.17) is 9.47 Å². The van der Waals surface area contributed by atoms with Crippen molar-refractivity contribution in [3.05, 3.63) is 29.3 Å². The number of rotatable bonds is 4. The van der Waals surface area contributed by atoms with Gasteiger partial charge >= 0.3 is 5.97 Å². The number of esters is 1. The molecule has 0 saturated carbocycles. The minimum Gasteiger partial charge on any atom is -0.493 e. The van der Waals surface area contributed by atoms with Crippen LogP contribution in [-0.2, 0) is 9.53 Å². The van der Waals surface area contributed by atoms with Crippen LogP contribution in [0.5, 0.6) is 5.75 Å². The van der Waals surface area contributed by atoms with Gasteiger partial charge in [-0.1, -0.05) is 6.07 Å². The van der Waals surface area contributed by atoms with Gasteiger partial charge in [0.1, 0.15) is 11.4 Å². The van der Waals surface area contributed by atoms with Crippen LogP contribution < -0.4 is 4.74 Å². The topological polar surface area (TPSA) is 35.5 Å². The summed E-state index contributed by atoms with van der Waals surface area (Å²) in [6.07, 6.45) is 0.268. The molecule has 0 saturated heterocycles. The largest absolute Gasteiger partial charge is 0.493 e. The fraction of sp³-hybridized carbons (Fsp3) is 0.533. The Morgan fingerprint density at radius 2 is 1.67 bits per heavy atom. The molecule has 0 heterocycles. The van der Waals surface area contributed by atoms with E-state index in [2.05, 4.69) is 6.07 Å². The van der Waals surface area contributed by atoms with Crippen molar-refractivity contribution in [2.45, 2.75) is 46.6 Å². The van der Waals surface area contributed by atoms with Gasteiger partial charge in [-0.25, -0.2) is 0 Å². The highest BCUT2D eigenvalue weighted by Crippen LogP contribution is 2.16. The van der Waals surface area contributed by atoms with Crippen molar-refractivity contribution in [1.29, 1.82) is 0 Å². The molecule has 3 nitrogen and oxygen atoms in total. The van der Waals surface area contributed by atoms with E-state index in [0.717, 1.165) is 16.9 Å². The molecule has 0 unspecified atom stereocenters. The van der Waals surface area contributed by atoms with Gasteiger partial charge in [0.15, 0.2) is 0 Å². The Bertz CT molecular complexity index is 396. The summed E-state index contributed by atoms with van der Waals surface area (Å²) in [5.74, 6) is 0.572. The first-order valence-electron chi connectivity index (χ1n) is 6.19. The lowest BCUT2D eigenvalue weighted by Crippen LogP contribution is -2.24. The number of hydrogen-bond donors (Lipinski definition) is 0. The minimum absolute atomic E-state index is 0.230. The number of ether oxygens (including phenoxy) is 2. The maximum absolute atomic E-state index is 11.5. The number of benzene rings is 1. The predicted molar refractivity (Wildman–Crippen MR) is 71.9 cm³/mol. The molecule has 18 heavy (non-hydrogen) atoms. The zero-order chi connectivity index (χ0) is 13.8. The van der Waals surface area contributed by atoms with Crippen LogP contribution in [0.15, 0.2) is 18.2 Å². The van der Waals surface area contributed by atoms with Crippen LogP contribution in [-0.4, -0.2) is 18.2 Å². The fourth-order valence-electron chi connectivity index (χ4n) is 1.66. The molecule has 0 aromatic heterocycles. The van der Waals surface area contributed by atoms with Crippen molar-refractivity contribution in [3.8, 4) is 5.75 Å². The molecule has 1 rings (SSSR count). The zero-order valence-corrected chi connectivity index (χ0v) is 11.9. The zero-order valence-electron chi connectivity index (χ0n) is 11.9. The van der Waals surface area contributed by atoms with Crippen molar-refractivity contribution in [3.63, 3.8) is 0 Å². The molecule has 0 fully saturated rings. The van der Waals surface area contributed by atoms with E-state index < -0.39 is 5.60 Å². The highest BCUT2D eigenvalue weighted by Gasteiger charge is 2.15. The van der Waals surface area contributed by atoms with Gasteiger partial charge in [0.25, 0.3) is 0 Å². The first-order chi connectivity index (χ1) is 8.26. The Kier molecular flexibility index (Phi) is 4.76. The van der Waals surface area contributed by atoms with Crippen molar-refractivity contribution in [1.82, 2.24) is 0 Å². The lowest BCUT2D eigenvalue weighted by molar-refractivity contribution is -0.155. The monoisotopic (exact) mass is 250 g/mol. The van der Waals surface area contributed by atoms with Crippen LogP contribution in [0.3, 0.4) is 0 Å². The molecule has 0 spiro atoms. The van der Waals surface area contributed by atoms with E-state index in [1.54, 1.807) is 0 Å². The summed E-state index contributed by atoms with van der Waals surface area (Å²) in [4.78, 5) is 11.5. The second-order valence-corrected chi connectivity index (χ2v) is 5.51. The van der Waals surface area contributed by atoms with Crippen LogP contribution in [0, 0.1) is 13.8 Å². The molecule has 0 aliphatic carbocycles. The van der Waals surface area contributed by atoms with Gasteiger partial charge < -0.3 is 9.47 Å². The van der Waals surface area contributed by atoms with Crippen LogP contribution >= 0.6 is 0 Å². The molecule has 0 bridgehead atoms. The Labute approximate surface area is 109 Å². The van der Waals surface area contributed by atoms with Crippen LogP contribution in [0.25, 0.3) is 0 Å². The molecule has 0 radical (unpaired) electrons. The molecule has 100 valence electrons. The Morgan fingerprint density at radius 3 is 2.17 bits per heavy atom. The van der Waals surface area contributed by atoms with Gasteiger partial charge in [-0.15, -0.1) is 0 Å². The van der Waals surface area contributed by atoms with Crippen molar-refractivity contribution >= 4 is 5.97 Å². The highest BCUT2D eigenvalue weighted by molar-refractivity contribution is 5.69. The van der Waals surface area contributed by atoms with Crippen molar-refractivity contribution in [2.24, 2.45) is 0 Å². The van der Waals surface area contributed by atoms with E-state index >= 15 is 0 Å². The highest BCUT2D eigenvalue weighted by atomic mass is 16.6. The molecule has 0 N–H and O–H groups in total. The smallest absolute Gasteiger partial charge is 0.309 e. The number of aryl methyl sites for hydroxylation is 2. The van der Waals surface area contributed by atoms with Crippen molar-refractivity contribution in [2.75, 3.05) is 6.61 Å². The third-order valence-corrected chi connectivity index (χ3v) is 2.19. The molecule has 0 aliphatic rings. The lowest BCUT2D eigenvalue weighted by atomic mass is 10.1. The molecular formula is C15H22O3. The Balaban J connectivity index is 2.40. The molecular weight excluding hydrogens is 228 g/mol. The van der Waals surface area contributed by atoms with Gasteiger partial charge in [-0.05, 0) is 57.9 Å². The van der Waals surface area contributed by atoms with Crippen LogP contribution in [0.1, 0.15) is 38.3 Å². The van der Waals surface area contributed by atoms with Gasteiger partial charge in [-0.2, -0.15) is 0 Å². The van der Waals surface area contributed by atoms with E-state index in [1.807, 2.05) is 46.8 Å². The summed E-state index contributed by atoms with van der Waals surface area (Å²) in [5, 5.41) is 0. The SMILES string of the molecule is Cc1cc(C)cc(OCCC(=O)OC(C)(C)C)c1. The van der Waals surface area contributed by atoms with Gasteiger partial charge in [0.05, 0.1) is 13.0 Å². The summed E-state index contributed by atoms with van der Waals surface area (Å²) in [7, 11) is 0. The predicted octanol–water partition coefficient (Wildman–Crippen LogP) is 3.41. The van der Waals surface area contributed by atoms with Gasteiger partial charge in [0, 0.05) is 0 Å². The molecule has 0 atom stereocenters. The Hall–Kier alpha value is -1.51. The maximum Gasteiger partial charge on any atom is 0.309 e. The van der Waals surface area contributed by atoms with E-state index in [-0.39, 0.29) is 12.4 Å².